The number of benzene rings is 2. The molecule has 212 valence electrons. The zero-order valence-corrected chi connectivity index (χ0v) is 24.8. The van der Waals surface area contributed by atoms with Crippen LogP contribution in [0.25, 0.3) is 22.0 Å². The zero-order chi connectivity index (χ0) is 28.0. The highest BCUT2D eigenvalue weighted by Gasteiger charge is 2.34. The number of rotatable bonds is 8. The molecule has 8 heteroatoms. The number of carbonyl (C=O) groups is 1. The van der Waals surface area contributed by atoms with Gasteiger partial charge < -0.3 is 20.2 Å². The summed E-state index contributed by atoms with van der Waals surface area (Å²) in [5.74, 6) is 0.916. The van der Waals surface area contributed by atoms with Gasteiger partial charge in [-0.3, -0.25) is 9.78 Å². The van der Waals surface area contributed by atoms with Gasteiger partial charge in [-0.05, 0) is 107 Å². The molecule has 1 saturated heterocycles. The van der Waals surface area contributed by atoms with Gasteiger partial charge in [0, 0.05) is 42.7 Å². The molecule has 3 aromatic rings. The molecule has 3 aliphatic rings. The zero-order valence-electron chi connectivity index (χ0n) is 23.3. The van der Waals surface area contributed by atoms with E-state index in [0.717, 1.165) is 59.3 Å². The molecular formula is C32H38Cl2N4O2. The van der Waals surface area contributed by atoms with Crippen molar-refractivity contribution in [2.75, 3.05) is 39.0 Å². The molecule has 6 nitrogen and oxygen atoms in total. The lowest BCUT2D eigenvalue weighted by Gasteiger charge is -2.33. The maximum absolute atomic E-state index is 13.4. The standard InChI is InChI=1S/C32H38Cl2N4O2/c1-37(2)24-11-12-38(18-24)17-19-3-8-23(9-4-19)36-30-25-13-21(22-14-27(33)32(40)28(34)15-22)7-10-29(25)35-16-26(30)31(39)20-5-6-20/h7,10,13-16,19-20,23-24,40H,3-6,8-9,11-12,17-18H2,1-2H3,(H,35,36)/t19-,23-,24?. The van der Waals surface area contributed by atoms with Crippen molar-refractivity contribution in [2.24, 2.45) is 11.8 Å². The van der Waals surface area contributed by atoms with E-state index in [1.54, 1.807) is 18.3 Å². The van der Waals surface area contributed by atoms with Gasteiger partial charge in [0.2, 0.25) is 0 Å². The Morgan fingerprint density at radius 2 is 1.75 bits per heavy atom. The summed E-state index contributed by atoms with van der Waals surface area (Å²) < 4.78 is 0. The van der Waals surface area contributed by atoms with Crippen molar-refractivity contribution in [1.29, 1.82) is 0 Å². The van der Waals surface area contributed by atoms with E-state index < -0.39 is 0 Å². The summed E-state index contributed by atoms with van der Waals surface area (Å²) in [5.41, 5.74) is 4.15. The van der Waals surface area contributed by atoms with Crippen molar-refractivity contribution < 1.29 is 9.90 Å². The number of Topliss-reactive ketones (excluding diaryl/α,β-unsaturated/α-hetero) is 1. The van der Waals surface area contributed by atoms with E-state index in [1.807, 2.05) is 12.1 Å². The van der Waals surface area contributed by atoms with Gasteiger partial charge in [-0.25, -0.2) is 0 Å². The van der Waals surface area contributed by atoms with Crippen LogP contribution in [0.3, 0.4) is 0 Å². The Balaban J connectivity index is 1.24. The molecule has 0 amide bonds. The Morgan fingerprint density at radius 1 is 1.02 bits per heavy atom. The normalized spacial score (nSPS) is 23.7. The fourth-order valence-electron chi connectivity index (χ4n) is 6.47. The van der Waals surface area contributed by atoms with Gasteiger partial charge in [-0.2, -0.15) is 0 Å². The number of likely N-dealkylation sites (N-methyl/N-ethyl adjacent to an activating group) is 1. The number of aromatic nitrogens is 1. The molecule has 1 aliphatic heterocycles. The van der Waals surface area contributed by atoms with Gasteiger partial charge in [0.25, 0.3) is 0 Å². The molecule has 1 atom stereocenters. The third kappa shape index (κ3) is 5.82. The van der Waals surface area contributed by atoms with Gasteiger partial charge in [0.15, 0.2) is 11.5 Å². The van der Waals surface area contributed by atoms with Crippen LogP contribution in [0.5, 0.6) is 5.75 Å². The van der Waals surface area contributed by atoms with Crippen LogP contribution in [0.4, 0.5) is 5.69 Å². The summed E-state index contributed by atoms with van der Waals surface area (Å²) in [4.78, 5) is 23.0. The Hall–Kier alpha value is -2.38. The van der Waals surface area contributed by atoms with Crippen LogP contribution in [0.1, 0.15) is 55.3 Å². The van der Waals surface area contributed by atoms with Crippen LogP contribution < -0.4 is 5.32 Å². The molecule has 2 aliphatic carbocycles. The molecule has 1 unspecified atom stereocenters. The van der Waals surface area contributed by atoms with Gasteiger partial charge >= 0.3 is 0 Å². The molecule has 1 aromatic heterocycles. The number of ketones is 1. The highest BCUT2D eigenvalue weighted by molar-refractivity contribution is 6.37. The number of likely N-dealkylation sites (tertiary alicyclic amines) is 1. The molecular weight excluding hydrogens is 543 g/mol. The molecule has 2 heterocycles. The van der Waals surface area contributed by atoms with Crippen molar-refractivity contribution in [3.8, 4) is 16.9 Å². The van der Waals surface area contributed by atoms with E-state index in [2.05, 4.69) is 40.3 Å². The number of nitrogens with one attached hydrogen (secondary N) is 1. The summed E-state index contributed by atoms with van der Waals surface area (Å²) in [5, 5.41) is 15.2. The highest BCUT2D eigenvalue weighted by Crippen LogP contribution is 2.41. The Morgan fingerprint density at radius 3 is 2.40 bits per heavy atom. The molecule has 3 fully saturated rings. The lowest BCUT2D eigenvalue weighted by Crippen LogP contribution is -2.36. The highest BCUT2D eigenvalue weighted by atomic mass is 35.5. The van der Waals surface area contributed by atoms with Crippen LogP contribution in [-0.4, -0.2) is 71.5 Å². The number of fused-ring (bicyclic) bond motifs is 1. The Kier molecular flexibility index (Phi) is 7.97. The SMILES string of the molecule is CN(C)C1CCN(C[C@H]2CC[C@H](Nc3c(C(=O)C4CC4)cnc4ccc(-c5cc(Cl)c(O)c(Cl)c5)cc34)CC2)C1. The second kappa shape index (κ2) is 11.5. The average Bonchev–Trinajstić information content (AvgIpc) is 3.70. The fourth-order valence-corrected chi connectivity index (χ4v) is 6.96. The second-order valence-corrected chi connectivity index (χ2v) is 13.0. The molecule has 6 rings (SSSR count). The summed E-state index contributed by atoms with van der Waals surface area (Å²) in [6, 6.07) is 10.4. The maximum atomic E-state index is 13.4. The first kappa shape index (κ1) is 27.8. The number of phenolic OH excluding ortho intramolecular Hbond substituents is 1. The van der Waals surface area contributed by atoms with E-state index in [0.29, 0.717) is 17.6 Å². The predicted octanol–water partition coefficient (Wildman–Crippen LogP) is 7.11. The molecule has 0 bridgehead atoms. The van der Waals surface area contributed by atoms with E-state index >= 15 is 0 Å². The van der Waals surface area contributed by atoms with Crippen molar-refractivity contribution >= 4 is 45.6 Å². The van der Waals surface area contributed by atoms with E-state index in [1.165, 1.54) is 38.9 Å². The van der Waals surface area contributed by atoms with Crippen molar-refractivity contribution in [1.82, 2.24) is 14.8 Å². The van der Waals surface area contributed by atoms with Crippen molar-refractivity contribution in [3.05, 3.63) is 52.1 Å². The number of phenols is 1. The number of nitrogens with zero attached hydrogens (tertiary/aromatic N) is 3. The Bertz CT molecular complexity index is 1390. The first-order valence-electron chi connectivity index (χ1n) is 14.6. The maximum Gasteiger partial charge on any atom is 0.169 e. The predicted molar refractivity (Wildman–Crippen MR) is 164 cm³/mol. The molecule has 40 heavy (non-hydrogen) atoms. The molecule has 2 aromatic carbocycles. The van der Waals surface area contributed by atoms with Crippen molar-refractivity contribution in [3.63, 3.8) is 0 Å². The monoisotopic (exact) mass is 580 g/mol. The lowest BCUT2D eigenvalue weighted by molar-refractivity contribution is 0.0968. The number of anilines is 1. The minimum absolute atomic E-state index is 0.111. The minimum atomic E-state index is -0.118. The molecule has 2 saturated carbocycles. The molecule has 2 N–H and O–H groups in total. The molecule has 0 spiro atoms. The Labute approximate surface area is 246 Å². The van der Waals surface area contributed by atoms with Crippen LogP contribution in [0, 0.1) is 11.8 Å². The number of hydrogen-bond donors (Lipinski definition) is 2. The van der Waals surface area contributed by atoms with Gasteiger partial charge in [0.05, 0.1) is 26.8 Å². The largest absolute Gasteiger partial charge is 0.505 e. The van der Waals surface area contributed by atoms with Gasteiger partial charge in [0.1, 0.15) is 0 Å². The number of halogens is 2. The topological polar surface area (TPSA) is 68.7 Å². The quantitative estimate of drug-likeness (QED) is 0.276. The summed E-state index contributed by atoms with van der Waals surface area (Å²) in [6.45, 7) is 3.58. The summed E-state index contributed by atoms with van der Waals surface area (Å²) in [6.07, 6.45) is 9.53. The average molecular weight is 582 g/mol. The number of hydrogen-bond acceptors (Lipinski definition) is 6. The number of carbonyl (C=O) groups excluding carboxylic acids is 1. The van der Waals surface area contributed by atoms with Crippen LogP contribution in [0.2, 0.25) is 10.0 Å². The third-order valence-corrected chi connectivity index (χ3v) is 9.70. The van der Waals surface area contributed by atoms with E-state index in [4.69, 9.17) is 23.2 Å². The van der Waals surface area contributed by atoms with Gasteiger partial charge in [-0.1, -0.05) is 29.3 Å². The summed E-state index contributed by atoms with van der Waals surface area (Å²) in [7, 11) is 4.38. The van der Waals surface area contributed by atoms with Crippen molar-refractivity contribution in [2.45, 2.75) is 57.0 Å². The van der Waals surface area contributed by atoms with Gasteiger partial charge in [-0.15, -0.1) is 0 Å². The lowest BCUT2D eigenvalue weighted by atomic mass is 9.85. The number of pyridine rings is 1. The smallest absolute Gasteiger partial charge is 0.169 e. The third-order valence-electron chi connectivity index (χ3n) is 9.12. The van der Waals surface area contributed by atoms with Crippen LogP contribution >= 0.6 is 23.2 Å². The second-order valence-electron chi connectivity index (χ2n) is 12.2. The minimum Gasteiger partial charge on any atom is -0.505 e. The van der Waals surface area contributed by atoms with Crippen LogP contribution in [-0.2, 0) is 0 Å². The first-order valence-corrected chi connectivity index (χ1v) is 15.3. The fraction of sp³-hybridized carbons (Fsp3) is 0.500. The molecule has 0 radical (unpaired) electrons. The van der Waals surface area contributed by atoms with E-state index in [9.17, 15) is 9.90 Å². The van der Waals surface area contributed by atoms with E-state index in [-0.39, 0.29) is 27.5 Å². The summed E-state index contributed by atoms with van der Waals surface area (Å²) >= 11 is 12.5. The first-order chi connectivity index (χ1) is 19.3. The number of aromatic hydroxyl groups is 1. The van der Waals surface area contributed by atoms with Crippen LogP contribution in [0.15, 0.2) is 36.5 Å².